The van der Waals surface area contributed by atoms with E-state index in [-0.39, 0.29) is 5.91 Å². The van der Waals surface area contributed by atoms with E-state index in [1.807, 2.05) is 30.0 Å². The highest BCUT2D eigenvalue weighted by Gasteiger charge is 2.23. The Hall–Kier alpha value is -0.620. The second-order valence-electron chi connectivity index (χ2n) is 4.54. The van der Waals surface area contributed by atoms with E-state index in [0.717, 1.165) is 28.8 Å². The lowest BCUT2D eigenvalue weighted by Crippen LogP contribution is -2.51. The molecular formula is C13H17IN2O. The van der Waals surface area contributed by atoms with E-state index in [1.54, 1.807) is 0 Å². The van der Waals surface area contributed by atoms with Crippen LogP contribution < -0.4 is 5.32 Å². The smallest absolute Gasteiger partial charge is 0.255 e. The normalized spacial score (nSPS) is 20.4. The van der Waals surface area contributed by atoms with Crippen LogP contribution in [-0.2, 0) is 0 Å². The third-order valence-corrected chi connectivity index (χ3v) is 4.51. The van der Waals surface area contributed by atoms with Gasteiger partial charge >= 0.3 is 0 Å². The summed E-state index contributed by atoms with van der Waals surface area (Å²) in [6, 6.07) is 6.30. The van der Waals surface area contributed by atoms with E-state index in [0.29, 0.717) is 6.04 Å². The molecule has 0 saturated carbocycles. The number of piperazine rings is 1. The molecule has 17 heavy (non-hydrogen) atoms. The average molecular weight is 344 g/mol. The summed E-state index contributed by atoms with van der Waals surface area (Å²) >= 11 is 2.26. The second-order valence-corrected chi connectivity index (χ2v) is 5.62. The van der Waals surface area contributed by atoms with Crippen molar-refractivity contribution in [2.24, 2.45) is 0 Å². The molecule has 1 aromatic carbocycles. The number of hydrogen-bond donors (Lipinski definition) is 1. The topological polar surface area (TPSA) is 32.3 Å². The highest BCUT2D eigenvalue weighted by atomic mass is 127. The maximum atomic E-state index is 12.4. The Kier molecular flexibility index (Phi) is 4.04. The summed E-state index contributed by atoms with van der Waals surface area (Å²) in [7, 11) is 0. The summed E-state index contributed by atoms with van der Waals surface area (Å²) in [6.07, 6.45) is 0. The molecule has 1 N–H and O–H groups in total. The molecule has 0 spiro atoms. The van der Waals surface area contributed by atoms with Crippen molar-refractivity contribution >= 4 is 28.5 Å². The van der Waals surface area contributed by atoms with E-state index >= 15 is 0 Å². The molecule has 3 nitrogen and oxygen atoms in total. The van der Waals surface area contributed by atoms with Crippen molar-refractivity contribution in [3.63, 3.8) is 0 Å². The van der Waals surface area contributed by atoms with Crippen LogP contribution in [0.5, 0.6) is 0 Å². The molecule has 0 unspecified atom stereocenters. The van der Waals surface area contributed by atoms with Crippen molar-refractivity contribution in [2.75, 3.05) is 19.6 Å². The molecule has 1 aliphatic rings. The average Bonchev–Trinajstić information content (AvgIpc) is 2.32. The quantitative estimate of drug-likeness (QED) is 0.791. The number of nitrogens with zero attached hydrogens (tertiary/aromatic N) is 1. The van der Waals surface area contributed by atoms with Crippen LogP contribution in [0.1, 0.15) is 22.8 Å². The molecule has 0 radical (unpaired) electrons. The Labute approximate surface area is 116 Å². The molecule has 1 heterocycles. The number of halogens is 1. The standard InChI is InChI=1S/C13H17IN2O/c1-9-4-3-5-11(12(9)14)13(17)16-7-6-15-10(2)8-16/h3-5,10,15H,6-8H2,1-2H3/t10-/m1/s1. The van der Waals surface area contributed by atoms with Gasteiger partial charge in [-0.1, -0.05) is 12.1 Å². The summed E-state index contributed by atoms with van der Waals surface area (Å²) in [5.74, 6) is 0.159. The van der Waals surface area contributed by atoms with Gasteiger partial charge in [-0.25, -0.2) is 0 Å². The predicted molar refractivity (Wildman–Crippen MR) is 77.3 cm³/mol. The first kappa shape index (κ1) is 12.8. The van der Waals surface area contributed by atoms with E-state index in [1.165, 1.54) is 5.56 Å². The molecule has 1 amide bonds. The van der Waals surface area contributed by atoms with Crippen molar-refractivity contribution in [2.45, 2.75) is 19.9 Å². The predicted octanol–water partition coefficient (Wildman–Crippen LogP) is 2.03. The van der Waals surface area contributed by atoms with Gasteiger partial charge in [0.05, 0.1) is 5.56 Å². The van der Waals surface area contributed by atoms with Gasteiger partial charge < -0.3 is 10.2 Å². The zero-order chi connectivity index (χ0) is 12.4. The minimum Gasteiger partial charge on any atom is -0.336 e. The maximum absolute atomic E-state index is 12.4. The van der Waals surface area contributed by atoms with Crippen molar-refractivity contribution in [3.8, 4) is 0 Å². The Bertz CT molecular complexity index is 433. The molecule has 0 aliphatic carbocycles. The number of carbonyl (C=O) groups excluding carboxylic acids is 1. The van der Waals surface area contributed by atoms with Gasteiger partial charge in [0.15, 0.2) is 0 Å². The molecule has 1 saturated heterocycles. The van der Waals surface area contributed by atoms with Crippen LogP contribution >= 0.6 is 22.6 Å². The number of amides is 1. The van der Waals surface area contributed by atoms with Gasteiger partial charge in [-0.2, -0.15) is 0 Å². The Balaban J connectivity index is 2.22. The molecule has 1 atom stereocenters. The molecule has 0 aromatic heterocycles. The zero-order valence-electron chi connectivity index (χ0n) is 10.2. The van der Waals surface area contributed by atoms with Crippen LogP contribution in [0.3, 0.4) is 0 Å². The molecule has 1 fully saturated rings. The second kappa shape index (κ2) is 5.35. The fourth-order valence-corrected chi connectivity index (χ4v) is 2.69. The van der Waals surface area contributed by atoms with Crippen molar-refractivity contribution in [1.82, 2.24) is 10.2 Å². The SMILES string of the molecule is Cc1cccc(C(=O)N2CCN[C@H](C)C2)c1I. The highest BCUT2D eigenvalue weighted by Crippen LogP contribution is 2.19. The lowest BCUT2D eigenvalue weighted by molar-refractivity contribution is 0.0708. The lowest BCUT2D eigenvalue weighted by Gasteiger charge is -2.32. The Morgan fingerprint density at radius 2 is 2.29 bits per heavy atom. The molecule has 4 heteroatoms. The molecule has 1 aliphatic heterocycles. The number of carbonyl (C=O) groups is 1. The number of hydrogen-bond acceptors (Lipinski definition) is 2. The van der Waals surface area contributed by atoms with Crippen LogP contribution in [-0.4, -0.2) is 36.5 Å². The summed E-state index contributed by atoms with van der Waals surface area (Å²) < 4.78 is 1.07. The third kappa shape index (κ3) is 2.80. The third-order valence-electron chi connectivity index (χ3n) is 3.08. The Morgan fingerprint density at radius 3 is 3.00 bits per heavy atom. The van der Waals surface area contributed by atoms with E-state index < -0.39 is 0 Å². The van der Waals surface area contributed by atoms with Crippen LogP contribution in [0.2, 0.25) is 0 Å². The van der Waals surface area contributed by atoms with Gasteiger partial charge in [0, 0.05) is 29.2 Å². The van der Waals surface area contributed by atoms with Gasteiger partial charge in [0.1, 0.15) is 0 Å². The number of nitrogens with one attached hydrogen (secondary N) is 1. The monoisotopic (exact) mass is 344 g/mol. The largest absolute Gasteiger partial charge is 0.336 e. The van der Waals surface area contributed by atoms with Crippen molar-refractivity contribution in [3.05, 3.63) is 32.9 Å². The summed E-state index contributed by atoms with van der Waals surface area (Å²) in [5, 5.41) is 3.35. The fraction of sp³-hybridized carbons (Fsp3) is 0.462. The zero-order valence-corrected chi connectivity index (χ0v) is 12.3. The molecular weight excluding hydrogens is 327 g/mol. The summed E-state index contributed by atoms with van der Waals surface area (Å²) in [5.41, 5.74) is 2.00. The van der Waals surface area contributed by atoms with Crippen LogP contribution in [0.15, 0.2) is 18.2 Å². The van der Waals surface area contributed by atoms with E-state index in [4.69, 9.17) is 0 Å². The molecule has 0 bridgehead atoms. The van der Waals surface area contributed by atoms with E-state index in [2.05, 4.69) is 34.8 Å². The number of aryl methyl sites for hydroxylation is 1. The first-order valence-corrected chi connectivity index (χ1v) is 6.95. The van der Waals surface area contributed by atoms with Crippen molar-refractivity contribution < 1.29 is 4.79 Å². The van der Waals surface area contributed by atoms with Crippen LogP contribution in [0.4, 0.5) is 0 Å². The van der Waals surface area contributed by atoms with Crippen molar-refractivity contribution in [1.29, 1.82) is 0 Å². The van der Waals surface area contributed by atoms with Crippen LogP contribution in [0, 0.1) is 10.5 Å². The van der Waals surface area contributed by atoms with Gasteiger partial charge in [0.2, 0.25) is 0 Å². The lowest BCUT2D eigenvalue weighted by atomic mass is 10.1. The highest BCUT2D eigenvalue weighted by molar-refractivity contribution is 14.1. The van der Waals surface area contributed by atoms with Gasteiger partial charge in [-0.05, 0) is 48.1 Å². The molecule has 92 valence electrons. The number of benzene rings is 1. The summed E-state index contributed by atoms with van der Waals surface area (Å²) in [4.78, 5) is 14.4. The van der Waals surface area contributed by atoms with Gasteiger partial charge in [-0.15, -0.1) is 0 Å². The number of rotatable bonds is 1. The maximum Gasteiger partial charge on any atom is 0.255 e. The molecule has 1 aromatic rings. The molecule has 2 rings (SSSR count). The van der Waals surface area contributed by atoms with E-state index in [9.17, 15) is 4.79 Å². The van der Waals surface area contributed by atoms with Crippen LogP contribution in [0.25, 0.3) is 0 Å². The first-order chi connectivity index (χ1) is 8.09. The Morgan fingerprint density at radius 1 is 1.53 bits per heavy atom. The summed E-state index contributed by atoms with van der Waals surface area (Å²) in [6.45, 7) is 6.63. The van der Waals surface area contributed by atoms with Gasteiger partial charge in [-0.3, -0.25) is 4.79 Å². The fourth-order valence-electron chi connectivity index (χ4n) is 2.10. The first-order valence-electron chi connectivity index (χ1n) is 5.87. The minimum atomic E-state index is 0.159. The minimum absolute atomic E-state index is 0.159. The van der Waals surface area contributed by atoms with Gasteiger partial charge in [0.25, 0.3) is 5.91 Å².